The SMILES string of the molecule is COc1cc(C(=O)OCC2OC(Oc3ccc(C(=O)O)cc3OC)C(O)C(O)C2O)ccc1O. The van der Waals surface area contributed by atoms with Crippen molar-refractivity contribution in [1.29, 1.82) is 0 Å². The molecule has 2 aromatic carbocycles. The minimum absolute atomic E-state index is 0.00655. The number of aliphatic hydroxyl groups is 3. The molecule has 0 bridgehead atoms. The number of aliphatic hydroxyl groups excluding tert-OH is 3. The zero-order chi connectivity index (χ0) is 25.0. The first-order valence-electron chi connectivity index (χ1n) is 9.98. The van der Waals surface area contributed by atoms with Crippen LogP contribution in [0.4, 0.5) is 0 Å². The van der Waals surface area contributed by atoms with Gasteiger partial charge in [0.2, 0.25) is 6.29 Å². The van der Waals surface area contributed by atoms with Crippen molar-refractivity contribution in [3.05, 3.63) is 47.5 Å². The number of aromatic hydroxyl groups is 1. The molecule has 1 heterocycles. The summed E-state index contributed by atoms with van der Waals surface area (Å²) in [5.74, 6) is -2.09. The molecule has 5 atom stereocenters. The monoisotopic (exact) mass is 480 g/mol. The Morgan fingerprint density at radius 1 is 0.882 bits per heavy atom. The average molecular weight is 480 g/mol. The standard InChI is InChI=1S/C22H24O12/c1-30-14-8-11(3-5-12(14)23)21(29)32-9-16-17(24)18(25)19(26)22(34-16)33-13-6-4-10(20(27)28)7-15(13)31-2/h3-8,16-19,22-26H,9H2,1-2H3,(H,27,28). The Balaban J connectivity index is 1.71. The van der Waals surface area contributed by atoms with Crippen LogP contribution in [0.25, 0.3) is 0 Å². The van der Waals surface area contributed by atoms with Crippen molar-refractivity contribution in [2.45, 2.75) is 30.7 Å². The van der Waals surface area contributed by atoms with E-state index in [9.17, 15) is 30.0 Å². The number of ether oxygens (including phenoxy) is 5. The van der Waals surface area contributed by atoms with Crippen molar-refractivity contribution < 1.29 is 58.8 Å². The zero-order valence-electron chi connectivity index (χ0n) is 18.2. The molecule has 0 spiro atoms. The minimum Gasteiger partial charge on any atom is -0.504 e. The quantitative estimate of drug-likeness (QED) is 0.323. The molecule has 1 aliphatic heterocycles. The van der Waals surface area contributed by atoms with E-state index in [1.165, 1.54) is 50.6 Å². The molecule has 0 saturated carbocycles. The highest BCUT2D eigenvalue weighted by molar-refractivity contribution is 5.90. The molecule has 0 aliphatic carbocycles. The van der Waals surface area contributed by atoms with Crippen LogP contribution in [-0.4, -0.2) is 89.0 Å². The Bertz CT molecular complexity index is 1040. The van der Waals surface area contributed by atoms with E-state index < -0.39 is 49.3 Å². The van der Waals surface area contributed by atoms with E-state index in [1.54, 1.807) is 0 Å². The molecule has 0 aromatic heterocycles. The third-order valence-electron chi connectivity index (χ3n) is 5.12. The summed E-state index contributed by atoms with van der Waals surface area (Å²) in [6.45, 7) is -0.512. The van der Waals surface area contributed by atoms with Gasteiger partial charge in [-0.2, -0.15) is 0 Å². The normalized spacial score (nSPS) is 24.2. The highest BCUT2D eigenvalue weighted by Gasteiger charge is 2.45. The Morgan fingerprint density at radius 2 is 1.53 bits per heavy atom. The second-order valence-corrected chi connectivity index (χ2v) is 7.29. The maximum Gasteiger partial charge on any atom is 0.338 e. The number of methoxy groups -OCH3 is 2. The van der Waals surface area contributed by atoms with Gasteiger partial charge in [-0.15, -0.1) is 0 Å². The van der Waals surface area contributed by atoms with Gasteiger partial charge in [0.25, 0.3) is 0 Å². The van der Waals surface area contributed by atoms with Crippen LogP contribution in [0.15, 0.2) is 36.4 Å². The number of rotatable bonds is 8. The van der Waals surface area contributed by atoms with Gasteiger partial charge in [-0.3, -0.25) is 0 Å². The largest absolute Gasteiger partial charge is 0.504 e. The van der Waals surface area contributed by atoms with Crippen LogP contribution in [0.1, 0.15) is 20.7 Å². The lowest BCUT2D eigenvalue weighted by molar-refractivity contribution is -0.277. The molecule has 12 heteroatoms. The first kappa shape index (κ1) is 25.1. The van der Waals surface area contributed by atoms with E-state index in [1.807, 2.05) is 0 Å². The number of carbonyl (C=O) groups is 2. The lowest BCUT2D eigenvalue weighted by Crippen LogP contribution is -2.60. The Morgan fingerprint density at radius 3 is 2.18 bits per heavy atom. The van der Waals surface area contributed by atoms with Crippen LogP contribution in [0.5, 0.6) is 23.0 Å². The predicted octanol–water partition coefficient (Wildman–Crippen LogP) is 0.151. The summed E-state index contributed by atoms with van der Waals surface area (Å²) in [6, 6.07) is 7.52. The molecule has 1 aliphatic rings. The Kier molecular flexibility index (Phi) is 7.79. The molecule has 184 valence electrons. The lowest BCUT2D eigenvalue weighted by atomic mass is 9.99. The fraction of sp³-hybridized carbons (Fsp3) is 0.364. The number of hydrogen-bond acceptors (Lipinski definition) is 11. The Hall–Kier alpha value is -3.58. The summed E-state index contributed by atoms with van der Waals surface area (Å²) in [5, 5.41) is 49.5. The van der Waals surface area contributed by atoms with Gasteiger partial charge in [-0.1, -0.05) is 0 Å². The van der Waals surface area contributed by atoms with Gasteiger partial charge in [-0.25, -0.2) is 9.59 Å². The molecule has 0 radical (unpaired) electrons. The number of esters is 1. The molecule has 2 aromatic rings. The van der Waals surface area contributed by atoms with Crippen LogP contribution >= 0.6 is 0 Å². The molecule has 5 unspecified atom stereocenters. The molecule has 3 rings (SSSR count). The minimum atomic E-state index is -1.71. The third kappa shape index (κ3) is 5.31. The molecule has 1 saturated heterocycles. The topological polar surface area (TPSA) is 181 Å². The van der Waals surface area contributed by atoms with Gasteiger partial charge >= 0.3 is 11.9 Å². The zero-order valence-corrected chi connectivity index (χ0v) is 18.2. The number of phenolic OH excluding ortho intramolecular Hbond substituents is 1. The van der Waals surface area contributed by atoms with Crippen LogP contribution < -0.4 is 14.2 Å². The maximum absolute atomic E-state index is 12.4. The molecule has 0 amide bonds. The first-order valence-corrected chi connectivity index (χ1v) is 9.98. The number of carboxylic acid groups (broad SMARTS) is 1. The van der Waals surface area contributed by atoms with Gasteiger partial charge in [0.15, 0.2) is 23.0 Å². The van der Waals surface area contributed by atoms with Gasteiger partial charge in [0.05, 0.1) is 25.3 Å². The Labute approximate surface area is 193 Å². The highest BCUT2D eigenvalue weighted by Crippen LogP contribution is 2.32. The number of benzene rings is 2. The number of phenols is 1. The smallest absolute Gasteiger partial charge is 0.338 e. The highest BCUT2D eigenvalue weighted by atomic mass is 16.7. The van der Waals surface area contributed by atoms with Crippen LogP contribution in [0.2, 0.25) is 0 Å². The van der Waals surface area contributed by atoms with Gasteiger partial charge < -0.3 is 49.2 Å². The lowest BCUT2D eigenvalue weighted by Gasteiger charge is -2.40. The maximum atomic E-state index is 12.4. The van der Waals surface area contributed by atoms with E-state index in [2.05, 4.69) is 0 Å². The van der Waals surface area contributed by atoms with Crippen LogP contribution in [0.3, 0.4) is 0 Å². The van der Waals surface area contributed by atoms with Crippen molar-refractivity contribution in [3.8, 4) is 23.0 Å². The second kappa shape index (κ2) is 10.6. The summed E-state index contributed by atoms with van der Waals surface area (Å²) in [7, 11) is 2.60. The molecule has 12 nitrogen and oxygen atoms in total. The molecule has 1 fully saturated rings. The summed E-state index contributed by atoms with van der Waals surface area (Å²) < 4.78 is 26.3. The third-order valence-corrected chi connectivity index (χ3v) is 5.12. The van der Waals surface area contributed by atoms with Gasteiger partial charge in [0.1, 0.15) is 31.0 Å². The number of carboxylic acids is 1. The van der Waals surface area contributed by atoms with Gasteiger partial charge in [-0.05, 0) is 36.4 Å². The van der Waals surface area contributed by atoms with E-state index >= 15 is 0 Å². The molecule has 34 heavy (non-hydrogen) atoms. The van der Waals surface area contributed by atoms with E-state index in [4.69, 9.17) is 28.8 Å². The number of carbonyl (C=O) groups excluding carboxylic acids is 1. The molecule has 5 N–H and O–H groups in total. The summed E-state index contributed by atoms with van der Waals surface area (Å²) in [6.07, 6.45) is -7.81. The average Bonchev–Trinajstić information content (AvgIpc) is 2.83. The fourth-order valence-electron chi connectivity index (χ4n) is 3.22. The van der Waals surface area contributed by atoms with E-state index in [-0.39, 0.29) is 34.1 Å². The molecular formula is C22H24O12. The second-order valence-electron chi connectivity index (χ2n) is 7.29. The van der Waals surface area contributed by atoms with E-state index in [0.717, 1.165) is 0 Å². The summed E-state index contributed by atoms with van der Waals surface area (Å²) >= 11 is 0. The first-order chi connectivity index (χ1) is 16.2. The van der Waals surface area contributed by atoms with Crippen LogP contribution in [-0.2, 0) is 9.47 Å². The van der Waals surface area contributed by atoms with Crippen molar-refractivity contribution in [2.75, 3.05) is 20.8 Å². The van der Waals surface area contributed by atoms with Crippen molar-refractivity contribution in [2.24, 2.45) is 0 Å². The van der Waals surface area contributed by atoms with Crippen molar-refractivity contribution in [3.63, 3.8) is 0 Å². The van der Waals surface area contributed by atoms with Gasteiger partial charge in [0, 0.05) is 0 Å². The van der Waals surface area contributed by atoms with Crippen molar-refractivity contribution >= 4 is 11.9 Å². The van der Waals surface area contributed by atoms with Crippen molar-refractivity contribution in [1.82, 2.24) is 0 Å². The summed E-state index contributed by atoms with van der Waals surface area (Å²) in [5.41, 5.74) is -0.0167. The molecular weight excluding hydrogens is 456 g/mol. The fourth-order valence-corrected chi connectivity index (χ4v) is 3.22. The predicted molar refractivity (Wildman–Crippen MR) is 112 cm³/mol. The van der Waals surface area contributed by atoms with E-state index in [0.29, 0.717) is 0 Å². The number of hydrogen-bond donors (Lipinski definition) is 5. The summed E-state index contributed by atoms with van der Waals surface area (Å²) in [4.78, 5) is 23.5. The number of aromatic carboxylic acids is 1. The van der Waals surface area contributed by atoms with Crippen LogP contribution in [0, 0.1) is 0 Å².